The molecule has 0 amide bonds. The molecule has 154 valence electrons. The molecule has 4 rings (SSSR count). The molecule has 2 aromatic carbocycles. The van der Waals surface area contributed by atoms with Crippen LogP contribution in [0.4, 0.5) is 5.69 Å². The van der Waals surface area contributed by atoms with Crippen LogP contribution in [0.5, 0.6) is 5.75 Å². The second-order valence-corrected chi connectivity index (χ2v) is 7.92. The first-order valence-electron chi connectivity index (χ1n) is 10.3. The van der Waals surface area contributed by atoms with E-state index < -0.39 is 0 Å². The van der Waals surface area contributed by atoms with Crippen LogP contribution in [0.15, 0.2) is 66.8 Å². The lowest BCUT2D eigenvalue weighted by molar-refractivity contribution is 0.313. The summed E-state index contributed by atoms with van der Waals surface area (Å²) in [4.78, 5) is 12.9. The third-order valence-electron chi connectivity index (χ3n) is 5.47. The Morgan fingerprint density at radius 1 is 1.10 bits per heavy atom. The Bertz CT molecular complexity index is 1100. The van der Waals surface area contributed by atoms with E-state index in [0.717, 1.165) is 59.7 Å². The van der Waals surface area contributed by atoms with E-state index in [2.05, 4.69) is 46.6 Å². The number of phenolic OH excluding ortho intramolecular Hbond substituents is 1. The van der Waals surface area contributed by atoms with Gasteiger partial charge in [0.2, 0.25) is 0 Å². The first kappa shape index (κ1) is 20.0. The summed E-state index contributed by atoms with van der Waals surface area (Å²) in [7, 11) is 2.17. The monoisotopic (exact) mass is 400 g/mol. The van der Waals surface area contributed by atoms with Crippen LogP contribution in [0.2, 0.25) is 0 Å². The number of piperazine rings is 1. The van der Waals surface area contributed by atoms with Gasteiger partial charge >= 0.3 is 0 Å². The highest BCUT2D eigenvalue weighted by atomic mass is 16.3. The van der Waals surface area contributed by atoms with Crippen LogP contribution in [0.3, 0.4) is 0 Å². The molecule has 0 unspecified atom stereocenters. The van der Waals surface area contributed by atoms with Gasteiger partial charge < -0.3 is 19.9 Å². The number of aromatic hydroxyl groups is 1. The Hall–Kier alpha value is -3.31. The molecule has 0 saturated carbocycles. The minimum Gasteiger partial charge on any atom is -0.508 e. The summed E-state index contributed by atoms with van der Waals surface area (Å²) in [5.74, 6) is 1.06. The lowest BCUT2D eigenvalue weighted by atomic mass is 10.1. The lowest BCUT2D eigenvalue weighted by Gasteiger charge is -2.34. The van der Waals surface area contributed by atoms with Gasteiger partial charge in [0.15, 0.2) is 0 Å². The van der Waals surface area contributed by atoms with E-state index in [-0.39, 0.29) is 5.75 Å². The number of aromatic amines is 1. The van der Waals surface area contributed by atoms with Crippen molar-refractivity contribution >= 4 is 28.4 Å². The van der Waals surface area contributed by atoms with Crippen molar-refractivity contribution in [1.82, 2.24) is 14.9 Å². The Morgan fingerprint density at radius 2 is 1.83 bits per heavy atom. The number of hydrogen-bond acceptors (Lipinski definition) is 4. The molecule has 0 spiro atoms. The molecule has 1 saturated heterocycles. The predicted octanol–water partition coefficient (Wildman–Crippen LogP) is 4.69. The van der Waals surface area contributed by atoms with Gasteiger partial charge in [-0.05, 0) is 55.9 Å². The molecule has 5 nitrogen and oxygen atoms in total. The fraction of sp³-hybridized carbons (Fsp3) is 0.240. The van der Waals surface area contributed by atoms with Crippen molar-refractivity contribution in [2.75, 3.05) is 38.1 Å². The Kier molecular flexibility index (Phi) is 5.72. The van der Waals surface area contributed by atoms with Gasteiger partial charge in [0.1, 0.15) is 11.6 Å². The van der Waals surface area contributed by atoms with Crippen molar-refractivity contribution < 1.29 is 5.11 Å². The number of benzene rings is 2. The predicted molar refractivity (Wildman–Crippen MR) is 126 cm³/mol. The van der Waals surface area contributed by atoms with Gasteiger partial charge in [0.25, 0.3) is 0 Å². The van der Waals surface area contributed by atoms with E-state index in [1.54, 1.807) is 12.1 Å². The number of anilines is 1. The maximum Gasteiger partial charge on any atom is 0.137 e. The molecular formula is C25H28N4O. The van der Waals surface area contributed by atoms with E-state index in [0.29, 0.717) is 0 Å². The van der Waals surface area contributed by atoms with Crippen molar-refractivity contribution in [3.8, 4) is 5.75 Å². The van der Waals surface area contributed by atoms with E-state index >= 15 is 0 Å². The van der Waals surface area contributed by atoms with Gasteiger partial charge in [0, 0.05) is 37.4 Å². The summed E-state index contributed by atoms with van der Waals surface area (Å²) in [5, 5.41) is 9.38. The quantitative estimate of drug-likeness (QED) is 0.610. The zero-order valence-corrected chi connectivity index (χ0v) is 17.6. The van der Waals surface area contributed by atoms with Crippen LogP contribution in [-0.4, -0.2) is 53.2 Å². The number of nitrogens with one attached hydrogen (secondary N) is 1. The molecule has 1 fully saturated rings. The van der Waals surface area contributed by atoms with Crippen LogP contribution < -0.4 is 4.90 Å². The minimum absolute atomic E-state index is 0.272. The molecule has 3 aromatic rings. The second kappa shape index (κ2) is 8.59. The fourth-order valence-corrected chi connectivity index (χ4v) is 3.62. The number of aromatic nitrogens is 2. The summed E-state index contributed by atoms with van der Waals surface area (Å²) in [5.41, 5.74) is 6.18. The van der Waals surface area contributed by atoms with E-state index in [4.69, 9.17) is 4.98 Å². The smallest absolute Gasteiger partial charge is 0.137 e. The summed E-state index contributed by atoms with van der Waals surface area (Å²) < 4.78 is 0. The normalized spacial score (nSPS) is 15.9. The molecule has 2 heterocycles. The Labute approximate surface area is 177 Å². The maximum atomic E-state index is 9.38. The lowest BCUT2D eigenvalue weighted by Crippen LogP contribution is -2.44. The molecule has 0 bridgehead atoms. The first-order chi connectivity index (χ1) is 14.5. The zero-order valence-electron chi connectivity index (χ0n) is 17.6. The van der Waals surface area contributed by atoms with Crippen LogP contribution in [0.1, 0.15) is 18.3 Å². The minimum atomic E-state index is 0.272. The summed E-state index contributed by atoms with van der Waals surface area (Å²) >= 11 is 0. The Morgan fingerprint density at radius 3 is 2.57 bits per heavy atom. The highest BCUT2D eigenvalue weighted by molar-refractivity contribution is 5.83. The van der Waals surface area contributed by atoms with Gasteiger partial charge in [-0.3, -0.25) is 0 Å². The summed E-state index contributed by atoms with van der Waals surface area (Å²) in [6.07, 6.45) is 6.07. The average Bonchev–Trinajstić information content (AvgIpc) is 3.17. The number of likely N-dealkylation sites (N-methyl/N-ethyl adjacent to an activating group) is 1. The van der Waals surface area contributed by atoms with Crippen molar-refractivity contribution in [2.24, 2.45) is 0 Å². The number of hydrogen-bond donors (Lipinski definition) is 2. The van der Waals surface area contributed by atoms with Crippen molar-refractivity contribution in [3.63, 3.8) is 0 Å². The molecular weight excluding hydrogens is 372 g/mol. The van der Waals surface area contributed by atoms with E-state index in [9.17, 15) is 5.11 Å². The van der Waals surface area contributed by atoms with Crippen LogP contribution >= 0.6 is 0 Å². The number of fused-ring (bicyclic) bond motifs is 1. The van der Waals surface area contributed by atoms with Gasteiger partial charge in [0.05, 0.1) is 11.0 Å². The fourth-order valence-electron chi connectivity index (χ4n) is 3.62. The molecule has 1 aliphatic rings. The number of H-pyrrole nitrogens is 1. The third-order valence-corrected chi connectivity index (χ3v) is 5.47. The van der Waals surface area contributed by atoms with Crippen LogP contribution in [-0.2, 0) is 0 Å². The summed E-state index contributed by atoms with van der Waals surface area (Å²) in [6, 6.07) is 13.5. The SMILES string of the molecule is C=C(/C=C(C)/C=C/c1ccc(O)cc1)c1nc2ccc(N3CCN(C)CC3)cc2[nH]1. The topological polar surface area (TPSA) is 55.4 Å². The van der Waals surface area contributed by atoms with Crippen LogP contribution in [0, 0.1) is 0 Å². The molecule has 30 heavy (non-hydrogen) atoms. The largest absolute Gasteiger partial charge is 0.508 e. The molecule has 1 aromatic heterocycles. The second-order valence-electron chi connectivity index (χ2n) is 7.92. The number of phenols is 1. The molecule has 0 atom stereocenters. The maximum absolute atomic E-state index is 9.38. The van der Waals surface area contributed by atoms with Crippen molar-refractivity contribution in [1.29, 1.82) is 0 Å². The number of rotatable bonds is 5. The highest BCUT2D eigenvalue weighted by Crippen LogP contribution is 2.24. The van der Waals surface area contributed by atoms with Crippen molar-refractivity contribution in [2.45, 2.75) is 6.92 Å². The van der Waals surface area contributed by atoms with E-state index in [1.165, 1.54) is 5.69 Å². The van der Waals surface area contributed by atoms with E-state index in [1.807, 2.05) is 37.3 Å². The number of imidazole rings is 1. The molecule has 0 radical (unpaired) electrons. The van der Waals surface area contributed by atoms with Gasteiger partial charge in [-0.1, -0.05) is 36.4 Å². The highest BCUT2D eigenvalue weighted by Gasteiger charge is 2.15. The molecule has 5 heteroatoms. The first-order valence-corrected chi connectivity index (χ1v) is 10.3. The van der Waals surface area contributed by atoms with Gasteiger partial charge in [-0.2, -0.15) is 0 Å². The standard InChI is InChI=1S/C25H28N4O/c1-18(4-5-20-6-9-22(30)10-7-20)16-19(2)25-26-23-11-8-21(17-24(23)27-25)29-14-12-28(3)13-15-29/h4-11,16-17,30H,2,12-15H2,1,3H3,(H,26,27)/b5-4+,18-16+. The summed E-state index contributed by atoms with van der Waals surface area (Å²) in [6.45, 7) is 10.5. The number of nitrogens with zero attached hydrogens (tertiary/aromatic N) is 3. The Balaban J connectivity index is 1.48. The van der Waals surface area contributed by atoms with Gasteiger partial charge in [-0.25, -0.2) is 4.98 Å². The average molecular weight is 401 g/mol. The zero-order chi connectivity index (χ0) is 21.1. The number of allylic oxidation sites excluding steroid dienone is 4. The van der Waals surface area contributed by atoms with Crippen LogP contribution in [0.25, 0.3) is 22.7 Å². The van der Waals surface area contributed by atoms with Crippen molar-refractivity contribution in [3.05, 3.63) is 78.2 Å². The molecule has 1 aliphatic heterocycles. The molecule has 2 N–H and O–H groups in total. The molecule has 0 aliphatic carbocycles. The van der Waals surface area contributed by atoms with Gasteiger partial charge in [-0.15, -0.1) is 0 Å². The third kappa shape index (κ3) is 4.63.